The van der Waals surface area contributed by atoms with Crippen LogP contribution < -0.4 is 0 Å². The second-order valence-corrected chi connectivity index (χ2v) is 6.98. The van der Waals surface area contributed by atoms with Gasteiger partial charge in [-0.25, -0.2) is 0 Å². The van der Waals surface area contributed by atoms with Crippen molar-refractivity contribution in [2.24, 2.45) is 0 Å². The van der Waals surface area contributed by atoms with Crippen LogP contribution in [0.5, 0.6) is 0 Å². The molecule has 1 aromatic carbocycles. The molecule has 0 saturated carbocycles. The number of carbonyl (C=O) groups is 1. The first-order valence-electron chi connectivity index (χ1n) is 8.63. The lowest BCUT2D eigenvalue weighted by Crippen LogP contribution is -2.74. The molecule has 36 heavy (non-hydrogen) atoms. The first kappa shape index (κ1) is 31.5. The molecule has 0 aromatic heterocycles. The van der Waals surface area contributed by atoms with Crippen LogP contribution in [0.3, 0.4) is 0 Å². The lowest BCUT2D eigenvalue weighted by molar-refractivity contribution is -0.462. The molecule has 0 N–H and O–H groups in total. The van der Waals surface area contributed by atoms with Crippen LogP contribution in [0.15, 0.2) is 30.3 Å². The first-order chi connectivity index (χ1) is 15.8. The molecule has 208 valence electrons. The van der Waals surface area contributed by atoms with Gasteiger partial charge < -0.3 is 4.74 Å². The van der Waals surface area contributed by atoms with Crippen molar-refractivity contribution in [1.82, 2.24) is 0 Å². The minimum atomic E-state index is -8.69. The fourth-order valence-corrected chi connectivity index (χ4v) is 2.54. The highest BCUT2D eigenvalue weighted by Gasteiger charge is 2.95. The smallest absolute Gasteiger partial charge is 0.459 e. The molecule has 0 aliphatic carbocycles. The Morgan fingerprint density at radius 1 is 0.583 bits per heavy atom. The van der Waals surface area contributed by atoms with E-state index in [0.29, 0.717) is 0 Å². The maximum Gasteiger partial charge on any atom is 0.460 e. The van der Waals surface area contributed by atoms with Gasteiger partial charge in [-0.3, -0.25) is 4.79 Å². The Morgan fingerprint density at radius 3 is 1.31 bits per heavy atom. The van der Waals surface area contributed by atoms with Crippen molar-refractivity contribution in [3.8, 4) is 0 Å². The summed E-state index contributed by atoms with van der Waals surface area (Å²) < 4.78 is 230. The summed E-state index contributed by atoms with van der Waals surface area (Å²) in [5, 5.41) is 0. The third-order valence-electron chi connectivity index (χ3n) is 4.62. The molecular weight excluding hydrogens is 559 g/mol. The van der Waals surface area contributed by atoms with Gasteiger partial charge in [-0.05, 0) is 5.56 Å². The van der Waals surface area contributed by atoms with E-state index in [-0.39, 0.29) is 0 Å². The van der Waals surface area contributed by atoms with Gasteiger partial charge in [0.2, 0.25) is 0 Å². The van der Waals surface area contributed by atoms with E-state index in [0.717, 1.165) is 30.3 Å². The molecule has 0 amide bonds. The third kappa shape index (κ3) is 4.52. The average Bonchev–Trinajstić information content (AvgIpc) is 2.72. The maximum atomic E-state index is 14.1. The van der Waals surface area contributed by atoms with Crippen LogP contribution in [0.4, 0.5) is 74.6 Å². The molecule has 0 bridgehead atoms. The van der Waals surface area contributed by atoms with Crippen LogP contribution in [0.2, 0.25) is 0 Å². The molecule has 0 fully saturated rings. The molecule has 0 aliphatic rings. The minimum Gasteiger partial charge on any atom is -0.459 e. The summed E-state index contributed by atoms with van der Waals surface area (Å²) in [7, 11) is 0. The van der Waals surface area contributed by atoms with Crippen LogP contribution in [-0.2, 0) is 9.53 Å². The van der Waals surface area contributed by atoms with Crippen LogP contribution in [0, 0.1) is 0 Å². The van der Waals surface area contributed by atoms with Crippen molar-refractivity contribution in [2.75, 3.05) is 0 Å². The van der Waals surface area contributed by atoms with E-state index in [1.165, 1.54) is 0 Å². The standard InChI is InChI=1S/C17H9F17O2/c18-10(19,6-9(36-7-35)8-4-2-1-3-5-8)11(20,21)12(22,23)13(24,25)14(26,27)15(28,29)16(30,31)17(32,33)34/h1-5,7,9H,6H2. The van der Waals surface area contributed by atoms with Crippen molar-refractivity contribution < 1.29 is 84.2 Å². The van der Waals surface area contributed by atoms with Crippen molar-refractivity contribution >= 4 is 6.47 Å². The average molecular weight is 568 g/mol. The predicted octanol–water partition coefficient (Wildman–Crippen LogP) is 7.30. The zero-order valence-corrected chi connectivity index (χ0v) is 16.5. The lowest BCUT2D eigenvalue weighted by Gasteiger charge is -2.43. The van der Waals surface area contributed by atoms with E-state index in [9.17, 15) is 79.4 Å². The molecule has 1 atom stereocenters. The molecule has 0 aliphatic heterocycles. The fourth-order valence-electron chi connectivity index (χ4n) is 2.54. The van der Waals surface area contributed by atoms with E-state index in [2.05, 4.69) is 4.74 Å². The molecule has 2 nitrogen and oxygen atoms in total. The summed E-state index contributed by atoms with van der Waals surface area (Å²) in [6.45, 7) is -0.716. The number of rotatable bonds is 11. The van der Waals surface area contributed by atoms with Crippen molar-refractivity contribution in [1.29, 1.82) is 0 Å². The lowest BCUT2D eigenvalue weighted by atomic mass is 9.87. The Hall–Kier alpha value is -2.50. The van der Waals surface area contributed by atoms with E-state index in [4.69, 9.17) is 0 Å². The molecule has 0 saturated heterocycles. The van der Waals surface area contributed by atoms with Crippen LogP contribution in [0.1, 0.15) is 18.1 Å². The quantitative estimate of drug-likeness (QED) is 0.207. The number of alkyl halides is 17. The molecule has 1 aromatic rings. The van der Waals surface area contributed by atoms with Crippen molar-refractivity contribution in [3.63, 3.8) is 0 Å². The minimum absolute atomic E-state index is 0.683. The van der Waals surface area contributed by atoms with Crippen LogP contribution >= 0.6 is 0 Å². The number of carbonyl (C=O) groups excluding carboxylic acids is 1. The molecule has 0 heterocycles. The van der Waals surface area contributed by atoms with Gasteiger partial charge in [-0.15, -0.1) is 0 Å². The SMILES string of the molecule is O=COC(CC(F)(F)C(F)(F)C(F)(F)C(F)(F)C(F)(F)C(F)(F)C(F)(F)C(F)(F)F)c1ccccc1. The highest BCUT2D eigenvalue weighted by atomic mass is 19.4. The second kappa shape index (κ2) is 9.11. The van der Waals surface area contributed by atoms with Gasteiger partial charge in [0.25, 0.3) is 6.47 Å². The number of ether oxygens (including phenoxy) is 1. The highest BCUT2D eigenvalue weighted by molar-refractivity contribution is 5.38. The van der Waals surface area contributed by atoms with Crippen LogP contribution in [0.25, 0.3) is 0 Å². The highest BCUT2D eigenvalue weighted by Crippen LogP contribution is 2.64. The molecule has 1 unspecified atom stereocenters. The zero-order valence-electron chi connectivity index (χ0n) is 16.5. The second-order valence-electron chi connectivity index (χ2n) is 6.98. The van der Waals surface area contributed by atoms with Crippen LogP contribution in [-0.4, -0.2) is 54.1 Å². The number of hydrogen-bond acceptors (Lipinski definition) is 2. The molecular formula is C17H9F17O2. The Labute approximate surface area is 188 Å². The first-order valence-corrected chi connectivity index (χ1v) is 8.63. The van der Waals surface area contributed by atoms with Gasteiger partial charge in [-0.1, -0.05) is 30.3 Å². The summed E-state index contributed by atoms with van der Waals surface area (Å²) in [5.41, 5.74) is -0.683. The summed E-state index contributed by atoms with van der Waals surface area (Å²) in [4.78, 5) is 10.4. The van der Waals surface area contributed by atoms with Gasteiger partial charge in [-0.2, -0.15) is 74.6 Å². The summed E-state index contributed by atoms with van der Waals surface area (Å²) in [6, 6.07) is 4.58. The normalized spacial score (nSPS) is 16.0. The topological polar surface area (TPSA) is 26.3 Å². The van der Waals surface area contributed by atoms with Gasteiger partial charge in [0, 0.05) is 0 Å². The van der Waals surface area contributed by atoms with E-state index in [1.54, 1.807) is 0 Å². The van der Waals surface area contributed by atoms with Gasteiger partial charge in [0.05, 0.1) is 6.42 Å². The van der Waals surface area contributed by atoms with E-state index < -0.39 is 72.2 Å². The molecule has 1 rings (SSSR count). The third-order valence-corrected chi connectivity index (χ3v) is 4.62. The maximum absolute atomic E-state index is 14.1. The summed E-state index contributed by atoms with van der Waals surface area (Å²) in [5.74, 6) is -57.0. The number of benzene rings is 1. The van der Waals surface area contributed by atoms with Crippen molar-refractivity contribution in [2.45, 2.75) is 60.2 Å². The van der Waals surface area contributed by atoms with Gasteiger partial charge in [0.1, 0.15) is 6.10 Å². The monoisotopic (exact) mass is 568 g/mol. The fraction of sp³-hybridized carbons (Fsp3) is 0.588. The Bertz CT molecular complexity index is 908. The van der Waals surface area contributed by atoms with Gasteiger partial charge in [0.15, 0.2) is 0 Å². The number of hydrogen-bond donors (Lipinski definition) is 0. The Morgan fingerprint density at radius 2 is 0.944 bits per heavy atom. The van der Waals surface area contributed by atoms with E-state index in [1.807, 2.05) is 0 Å². The molecule has 0 spiro atoms. The number of halogens is 17. The Balaban J connectivity index is 3.60. The van der Waals surface area contributed by atoms with E-state index >= 15 is 0 Å². The summed E-state index contributed by atoms with van der Waals surface area (Å²) >= 11 is 0. The predicted molar refractivity (Wildman–Crippen MR) is 81.6 cm³/mol. The summed E-state index contributed by atoms with van der Waals surface area (Å²) in [6.07, 6.45) is -13.4. The largest absolute Gasteiger partial charge is 0.460 e. The van der Waals surface area contributed by atoms with Crippen molar-refractivity contribution in [3.05, 3.63) is 35.9 Å². The van der Waals surface area contributed by atoms with Gasteiger partial charge >= 0.3 is 47.6 Å². The Kier molecular flexibility index (Phi) is 7.98. The molecule has 19 heteroatoms. The zero-order chi connectivity index (χ0) is 28.8. The molecule has 0 radical (unpaired) electrons.